The van der Waals surface area contributed by atoms with Crippen LogP contribution < -0.4 is 20.2 Å². The molecule has 0 spiro atoms. The van der Waals surface area contributed by atoms with Gasteiger partial charge >= 0.3 is 0 Å². The van der Waals surface area contributed by atoms with Gasteiger partial charge in [-0.1, -0.05) is 5.92 Å². The number of rotatable bonds is 8. The molecule has 0 radical (unpaired) electrons. The smallest absolute Gasteiger partial charge is 0.259 e. The monoisotopic (exact) mass is 355 g/mol. The highest BCUT2D eigenvalue weighted by molar-refractivity contribution is 5.86. The second-order valence-electron chi connectivity index (χ2n) is 5.05. The number of halogens is 1. The summed E-state index contributed by atoms with van der Waals surface area (Å²) in [7, 11) is 1.54. The first-order chi connectivity index (χ1) is 12.6. The number of nitrogens with one attached hydrogen (secondary N) is 2. The van der Waals surface area contributed by atoms with E-state index in [1.54, 1.807) is 25.3 Å². The van der Waals surface area contributed by atoms with Gasteiger partial charge in [0, 0.05) is 11.3 Å². The first-order valence-corrected chi connectivity index (χ1v) is 7.68. The molecule has 0 bridgehead atoms. The van der Waals surface area contributed by atoms with E-state index in [4.69, 9.17) is 15.9 Å². The van der Waals surface area contributed by atoms with Crippen molar-refractivity contribution in [1.29, 1.82) is 0 Å². The van der Waals surface area contributed by atoms with Gasteiger partial charge in [-0.15, -0.1) is 6.42 Å². The Balaban J connectivity index is 1.92. The fourth-order valence-corrected chi connectivity index (χ4v) is 1.97. The highest BCUT2D eigenvalue weighted by atomic mass is 19.1. The first-order valence-electron chi connectivity index (χ1n) is 7.68. The lowest BCUT2D eigenvalue weighted by Gasteiger charge is -2.08. The topological polar surface area (TPSA) is 72.0 Å². The maximum Gasteiger partial charge on any atom is 0.259 e. The molecule has 0 unspecified atom stereocenters. The lowest BCUT2D eigenvalue weighted by molar-refractivity contribution is -0.119. The van der Waals surface area contributed by atoms with Crippen LogP contribution in [0.4, 0.5) is 10.1 Å². The minimum absolute atomic E-state index is 0.0124. The number of benzene rings is 2. The van der Waals surface area contributed by atoms with Crippen LogP contribution in [0.1, 0.15) is 5.56 Å². The summed E-state index contributed by atoms with van der Waals surface area (Å²) in [4.78, 5) is 11.8. The Morgan fingerprint density at radius 1 is 1.31 bits per heavy atom. The number of hydrazone groups is 1. The number of amides is 1. The molecule has 7 heteroatoms. The van der Waals surface area contributed by atoms with Crippen LogP contribution in [0.3, 0.4) is 0 Å². The SMILES string of the molecule is C#CCOc1ccc(OC)cc1/C=N\NC(=O)CNc1ccc(F)cc1. The van der Waals surface area contributed by atoms with Crippen molar-refractivity contribution >= 4 is 17.8 Å². The average Bonchev–Trinajstić information content (AvgIpc) is 2.66. The summed E-state index contributed by atoms with van der Waals surface area (Å²) >= 11 is 0. The van der Waals surface area contributed by atoms with E-state index in [-0.39, 0.29) is 24.9 Å². The van der Waals surface area contributed by atoms with Crippen LogP contribution in [0.2, 0.25) is 0 Å². The summed E-state index contributed by atoms with van der Waals surface area (Å²) in [5.41, 5.74) is 3.62. The molecule has 2 aromatic carbocycles. The number of methoxy groups -OCH3 is 1. The van der Waals surface area contributed by atoms with Crippen molar-refractivity contribution in [3.8, 4) is 23.8 Å². The molecule has 0 aromatic heterocycles. The van der Waals surface area contributed by atoms with E-state index in [0.717, 1.165) is 0 Å². The van der Waals surface area contributed by atoms with Crippen molar-refractivity contribution in [3.63, 3.8) is 0 Å². The van der Waals surface area contributed by atoms with Gasteiger partial charge in [0.25, 0.3) is 5.91 Å². The predicted molar refractivity (Wildman–Crippen MR) is 97.9 cm³/mol. The number of anilines is 1. The van der Waals surface area contributed by atoms with Crippen LogP contribution in [0.5, 0.6) is 11.5 Å². The van der Waals surface area contributed by atoms with Crippen LogP contribution in [-0.4, -0.2) is 32.4 Å². The van der Waals surface area contributed by atoms with E-state index in [1.165, 1.54) is 30.5 Å². The molecule has 0 saturated carbocycles. The van der Waals surface area contributed by atoms with Gasteiger partial charge in [0.05, 0.1) is 19.9 Å². The summed E-state index contributed by atoms with van der Waals surface area (Å²) in [6.45, 7) is 0.0999. The van der Waals surface area contributed by atoms with Crippen molar-refractivity contribution in [2.24, 2.45) is 5.10 Å². The fourth-order valence-electron chi connectivity index (χ4n) is 1.97. The van der Waals surface area contributed by atoms with Crippen molar-refractivity contribution < 1.29 is 18.7 Å². The zero-order chi connectivity index (χ0) is 18.8. The van der Waals surface area contributed by atoms with Crippen molar-refractivity contribution in [1.82, 2.24) is 5.43 Å². The van der Waals surface area contributed by atoms with Gasteiger partial charge in [-0.05, 0) is 42.5 Å². The standard InChI is InChI=1S/C19H18FN3O3/c1-3-10-26-18-9-8-17(25-2)11-14(18)12-22-23-19(24)13-21-16-6-4-15(20)5-7-16/h1,4-9,11-12,21H,10,13H2,2H3,(H,23,24)/b22-12-. The van der Waals surface area contributed by atoms with E-state index in [0.29, 0.717) is 22.7 Å². The van der Waals surface area contributed by atoms with Gasteiger partial charge in [-0.2, -0.15) is 5.10 Å². The number of carbonyl (C=O) groups is 1. The molecular formula is C19H18FN3O3. The largest absolute Gasteiger partial charge is 0.497 e. The van der Waals surface area contributed by atoms with Gasteiger partial charge in [0.2, 0.25) is 0 Å². The van der Waals surface area contributed by atoms with Gasteiger partial charge in [-0.3, -0.25) is 4.79 Å². The molecule has 0 aliphatic rings. The molecule has 0 atom stereocenters. The maximum atomic E-state index is 12.8. The number of hydrogen-bond acceptors (Lipinski definition) is 5. The Hall–Kier alpha value is -3.53. The molecule has 0 saturated heterocycles. The third-order valence-electron chi connectivity index (χ3n) is 3.22. The summed E-state index contributed by atoms with van der Waals surface area (Å²) in [6, 6.07) is 10.8. The molecule has 0 aliphatic carbocycles. The summed E-state index contributed by atoms with van der Waals surface area (Å²) in [6.07, 6.45) is 6.63. The van der Waals surface area contributed by atoms with Gasteiger partial charge in [0.1, 0.15) is 23.9 Å². The number of carbonyl (C=O) groups excluding carboxylic acids is 1. The first kappa shape index (κ1) is 18.8. The minimum atomic E-state index is -0.362. The highest BCUT2D eigenvalue weighted by Crippen LogP contribution is 2.22. The zero-order valence-electron chi connectivity index (χ0n) is 14.2. The minimum Gasteiger partial charge on any atom is -0.497 e. The Kier molecular flexibility index (Phi) is 7.01. The predicted octanol–water partition coefficient (Wildman–Crippen LogP) is 2.41. The average molecular weight is 355 g/mol. The van der Waals surface area contributed by atoms with Gasteiger partial charge in [0.15, 0.2) is 0 Å². The van der Waals surface area contributed by atoms with E-state index in [9.17, 15) is 9.18 Å². The Morgan fingerprint density at radius 3 is 2.77 bits per heavy atom. The molecule has 2 aromatic rings. The summed E-state index contributed by atoms with van der Waals surface area (Å²) in [5, 5.41) is 6.76. The molecule has 134 valence electrons. The molecule has 6 nitrogen and oxygen atoms in total. The molecule has 0 heterocycles. The van der Waals surface area contributed by atoms with Gasteiger partial charge in [-0.25, -0.2) is 9.82 Å². The van der Waals surface area contributed by atoms with Crippen LogP contribution in [-0.2, 0) is 4.79 Å². The van der Waals surface area contributed by atoms with Crippen molar-refractivity contribution in [2.75, 3.05) is 25.6 Å². The number of ether oxygens (including phenoxy) is 2. The Bertz CT molecular complexity index is 814. The third-order valence-corrected chi connectivity index (χ3v) is 3.22. The van der Waals surface area contributed by atoms with E-state index in [2.05, 4.69) is 21.8 Å². The number of terminal acetylenes is 1. The van der Waals surface area contributed by atoms with Crippen LogP contribution in [0, 0.1) is 18.2 Å². The van der Waals surface area contributed by atoms with E-state index in [1.807, 2.05) is 0 Å². The Labute approximate surface area is 151 Å². The lowest BCUT2D eigenvalue weighted by Crippen LogP contribution is -2.25. The molecule has 26 heavy (non-hydrogen) atoms. The Morgan fingerprint density at radius 2 is 2.08 bits per heavy atom. The maximum absolute atomic E-state index is 12.8. The second kappa shape index (κ2) is 9.69. The number of hydrogen-bond donors (Lipinski definition) is 2. The van der Waals surface area contributed by atoms with Crippen LogP contribution in [0.25, 0.3) is 0 Å². The third kappa shape index (κ3) is 5.83. The zero-order valence-corrected chi connectivity index (χ0v) is 14.2. The van der Waals surface area contributed by atoms with Crippen LogP contribution in [0.15, 0.2) is 47.6 Å². The number of nitrogens with zero attached hydrogens (tertiary/aromatic N) is 1. The molecular weight excluding hydrogens is 337 g/mol. The van der Waals surface area contributed by atoms with Crippen molar-refractivity contribution in [3.05, 3.63) is 53.8 Å². The summed E-state index contributed by atoms with van der Waals surface area (Å²) < 4.78 is 23.4. The molecule has 0 fully saturated rings. The van der Waals surface area contributed by atoms with E-state index >= 15 is 0 Å². The van der Waals surface area contributed by atoms with E-state index < -0.39 is 0 Å². The lowest BCUT2D eigenvalue weighted by atomic mass is 10.2. The normalized spacial score (nSPS) is 10.2. The molecule has 2 N–H and O–H groups in total. The van der Waals surface area contributed by atoms with Crippen LogP contribution >= 0.6 is 0 Å². The fraction of sp³-hybridized carbons (Fsp3) is 0.158. The van der Waals surface area contributed by atoms with Gasteiger partial charge < -0.3 is 14.8 Å². The molecule has 2 rings (SSSR count). The highest BCUT2D eigenvalue weighted by Gasteiger charge is 2.05. The van der Waals surface area contributed by atoms with Crippen molar-refractivity contribution in [2.45, 2.75) is 0 Å². The quantitative estimate of drug-likeness (QED) is 0.433. The molecule has 0 aliphatic heterocycles. The molecule has 1 amide bonds. The summed E-state index contributed by atoms with van der Waals surface area (Å²) in [5.74, 6) is 2.81. The second-order valence-corrected chi connectivity index (χ2v) is 5.05.